The number of thiophene rings is 1. The lowest BCUT2D eigenvalue weighted by Crippen LogP contribution is -2.27. The number of hydrogen-bond acceptors (Lipinski definition) is 2. The molecule has 2 aliphatic carbocycles. The largest absolute Gasteiger partial charge is 0.382 e. The third-order valence-corrected chi connectivity index (χ3v) is 9.55. The van der Waals surface area contributed by atoms with Gasteiger partial charge in [0.05, 0.1) is 0 Å². The third-order valence-electron chi connectivity index (χ3n) is 8.40. The molecule has 0 spiro atoms. The molecule has 1 N–H and O–H groups in total. The smallest absolute Gasteiger partial charge is 0.0410 e. The molecule has 0 amide bonds. The molecular weight excluding hydrogens is 382 g/mol. The first-order valence-corrected chi connectivity index (χ1v) is 12.6. The van der Waals surface area contributed by atoms with Crippen LogP contribution >= 0.6 is 11.3 Å². The maximum Gasteiger partial charge on any atom is 0.0410 e. The molecule has 3 aromatic rings. The lowest BCUT2D eigenvalue weighted by Gasteiger charge is -2.33. The first-order valence-electron chi connectivity index (χ1n) is 11.7. The minimum absolute atomic E-state index is 0.589. The van der Waals surface area contributed by atoms with Crippen LogP contribution in [-0.2, 0) is 6.42 Å². The van der Waals surface area contributed by atoms with E-state index in [9.17, 15) is 0 Å². The Balaban J connectivity index is 1.48. The molecule has 0 bridgehead atoms. The summed E-state index contributed by atoms with van der Waals surface area (Å²) >= 11 is 1.98. The Kier molecular flexibility index (Phi) is 4.35. The zero-order valence-electron chi connectivity index (χ0n) is 18.2. The highest BCUT2D eigenvalue weighted by molar-refractivity contribution is 7.20. The summed E-state index contributed by atoms with van der Waals surface area (Å²) in [6.45, 7) is 7.33. The Bertz CT molecular complexity index is 1140. The normalized spacial score (nSPS) is 31.8. The van der Waals surface area contributed by atoms with Crippen molar-refractivity contribution in [2.24, 2.45) is 17.8 Å². The van der Waals surface area contributed by atoms with E-state index < -0.39 is 0 Å². The fourth-order valence-corrected chi connectivity index (χ4v) is 7.88. The number of fused-ring (bicyclic) bond motifs is 6. The topological polar surface area (TPSA) is 12.0 Å². The molecule has 2 heterocycles. The SMILES string of the molecule is CCC1CCc2cccc(C3C(C)C(C)C4c5c(sc6ccccc56)C=CC34)c2N1. The third kappa shape index (κ3) is 2.59. The second-order valence-electron chi connectivity index (χ2n) is 9.75. The first-order chi connectivity index (χ1) is 14.7. The Morgan fingerprint density at radius 1 is 1.00 bits per heavy atom. The maximum absolute atomic E-state index is 3.94. The van der Waals surface area contributed by atoms with E-state index in [-0.39, 0.29) is 0 Å². The van der Waals surface area contributed by atoms with E-state index in [0.29, 0.717) is 35.6 Å². The van der Waals surface area contributed by atoms with Crippen LogP contribution in [0.15, 0.2) is 48.5 Å². The Hall–Kier alpha value is -2.06. The van der Waals surface area contributed by atoms with Crippen molar-refractivity contribution < 1.29 is 0 Å². The number of nitrogens with one attached hydrogen (secondary N) is 1. The van der Waals surface area contributed by atoms with Gasteiger partial charge in [0.25, 0.3) is 0 Å². The number of aryl methyl sites for hydroxylation is 1. The second-order valence-corrected chi connectivity index (χ2v) is 10.8. The predicted octanol–water partition coefficient (Wildman–Crippen LogP) is 7.83. The van der Waals surface area contributed by atoms with Crippen LogP contribution in [-0.4, -0.2) is 6.04 Å². The van der Waals surface area contributed by atoms with Gasteiger partial charge >= 0.3 is 0 Å². The van der Waals surface area contributed by atoms with Crippen molar-refractivity contribution in [1.82, 2.24) is 0 Å². The summed E-state index contributed by atoms with van der Waals surface area (Å²) in [6.07, 6.45) is 8.69. The Morgan fingerprint density at radius 2 is 1.83 bits per heavy atom. The Morgan fingerprint density at radius 3 is 2.70 bits per heavy atom. The maximum atomic E-state index is 3.94. The highest BCUT2D eigenvalue weighted by Gasteiger charge is 2.49. The van der Waals surface area contributed by atoms with Crippen LogP contribution in [0.5, 0.6) is 0 Å². The number of anilines is 1. The molecule has 2 heteroatoms. The fraction of sp³-hybridized carbons (Fsp3) is 0.429. The zero-order valence-corrected chi connectivity index (χ0v) is 19.0. The van der Waals surface area contributed by atoms with Crippen LogP contribution in [0.3, 0.4) is 0 Å². The zero-order chi connectivity index (χ0) is 20.4. The summed E-state index contributed by atoms with van der Waals surface area (Å²) < 4.78 is 1.45. The molecule has 2 aromatic carbocycles. The standard InChI is InChI=1S/C28H31NS/c1-4-19-13-12-18-8-7-10-22(28(18)29-19)25-16(2)17(3)26-21(25)14-15-24-27(26)20-9-5-6-11-23(20)30-24/h5-11,14-17,19,21,25-26,29H,4,12-13H2,1-3H3. The molecule has 1 saturated carbocycles. The summed E-state index contributed by atoms with van der Waals surface area (Å²) in [5, 5.41) is 5.44. The molecule has 1 aromatic heterocycles. The summed E-state index contributed by atoms with van der Waals surface area (Å²) in [4.78, 5) is 1.50. The van der Waals surface area contributed by atoms with Gasteiger partial charge in [-0.3, -0.25) is 0 Å². The van der Waals surface area contributed by atoms with Crippen molar-refractivity contribution in [2.75, 3.05) is 5.32 Å². The van der Waals surface area contributed by atoms with E-state index in [1.807, 2.05) is 11.3 Å². The van der Waals surface area contributed by atoms with Gasteiger partial charge in [0.1, 0.15) is 0 Å². The van der Waals surface area contributed by atoms with Crippen molar-refractivity contribution in [3.63, 3.8) is 0 Å². The van der Waals surface area contributed by atoms with Crippen LogP contribution in [0.2, 0.25) is 0 Å². The molecule has 1 fully saturated rings. The monoisotopic (exact) mass is 413 g/mol. The van der Waals surface area contributed by atoms with E-state index in [1.165, 1.54) is 45.5 Å². The van der Waals surface area contributed by atoms with Gasteiger partial charge in [-0.1, -0.05) is 63.2 Å². The molecule has 6 atom stereocenters. The summed E-state index contributed by atoms with van der Waals surface area (Å²) in [5.74, 6) is 3.16. The van der Waals surface area contributed by atoms with Crippen molar-refractivity contribution in [3.05, 3.63) is 70.1 Å². The molecular formula is C28H31NS. The Labute approximate surface area is 184 Å². The van der Waals surface area contributed by atoms with Crippen LogP contribution in [0.25, 0.3) is 16.2 Å². The van der Waals surface area contributed by atoms with Crippen molar-refractivity contribution in [1.29, 1.82) is 0 Å². The van der Waals surface area contributed by atoms with E-state index in [4.69, 9.17) is 0 Å². The summed E-state index contributed by atoms with van der Waals surface area (Å²) in [5.41, 5.74) is 6.20. The molecule has 30 heavy (non-hydrogen) atoms. The highest BCUT2D eigenvalue weighted by atomic mass is 32.1. The molecule has 0 radical (unpaired) electrons. The van der Waals surface area contributed by atoms with Gasteiger partial charge in [0.15, 0.2) is 0 Å². The second kappa shape index (κ2) is 6.99. The van der Waals surface area contributed by atoms with Gasteiger partial charge in [-0.2, -0.15) is 0 Å². The van der Waals surface area contributed by atoms with Crippen LogP contribution in [0.4, 0.5) is 5.69 Å². The number of rotatable bonds is 2. The average Bonchev–Trinajstić information content (AvgIpc) is 3.28. The number of para-hydroxylation sites is 1. The minimum Gasteiger partial charge on any atom is -0.382 e. The van der Waals surface area contributed by atoms with Crippen molar-refractivity contribution >= 4 is 33.2 Å². The quantitative estimate of drug-likeness (QED) is 0.451. The lowest BCUT2D eigenvalue weighted by atomic mass is 9.75. The molecule has 6 rings (SSSR count). The number of hydrogen-bond donors (Lipinski definition) is 1. The summed E-state index contributed by atoms with van der Waals surface area (Å²) in [6, 6.07) is 16.7. The van der Waals surface area contributed by atoms with Gasteiger partial charge < -0.3 is 5.32 Å². The number of allylic oxidation sites excluding steroid dienone is 1. The lowest BCUT2D eigenvalue weighted by molar-refractivity contribution is 0.403. The fourth-order valence-electron chi connectivity index (χ4n) is 6.71. The van der Waals surface area contributed by atoms with E-state index in [1.54, 1.807) is 11.1 Å². The minimum atomic E-state index is 0.589. The highest BCUT2D eigenvalue weighted by Crippen LogP contribution is 2.61. The molecule has 154 valence electrons. The van der Waals surface area contributed by atoms with Crippen molar-refractivity contribution in [3.8, 4) is 0 Å². The van der Waals surface area contributed by atoms with Crippen LogP contribution < -0.4 is 5.32 Å². The molecule has 3 aliphatic rings. The van der Waals surface area contributed by atoms with Gasteiger partial charge in [-0.05, 0) is 83.1 Å². The summed E-state index contributed by atoms with van der Waals surface area (Å²) in [7, 11) is 0. The number of benzene rings is 2. The first kappa shape index (κ1) is 18.7. The van der Waals surface area contributed by atoms with Crippen LogP contribution in [0.1, 0.15) is 67.0 Å². The van der Waals surface area contributed by atoms with Gasteiger partial charge in [-0.25, -0.2) is 0 Å². The predicted molar refractivity (Wildman–Crippen MR) is 131 cm³/mol. The molecule has 6 unspecified atom stereocenters. The average molecular weight is 414 g/mol. The van der Waals surface area contributed by atoms with E-state index >= 15 is 0 Å². The molecule has 1 aliphatic heterocycles. The van der Waals surface area contributed by atoms with E-state index in [2.05, 4.69) is 80.7 Å². The van der Waals surface area contributed by atoms with Gasteiger partial charge in [-0.15, -0.1) is 11.3 Å². The van der Waals surface area contributed by atoms with Crippen LogP contribution in [0, 0.1) is 17.8 Å². The van der Waals surface area contributed by atoms with Gasteiger partial charge in [0, 0.05) is 21.3 Å². The molecule has 0 saturated heterocycles. The van der Waals surface area contributed by atoms with Crippen molar-refractivity contribution in [2.45, 2.75) is 57.9 Å². The van der Waals surface area contributed by atoms with Gasteiger partial charge in [0.2, 0.25) is 0 Å². The molecule has 1 nitrogen and oxygen atoms in total. The van der Waals surface area contributed by atoms with E-state index in [0.717, 1.165) is 0 Å².